The number of rotatable bonds is 9. The number of nitrogens with zero attached hydrogens (tertiary/aromatic N) is 1. The van der Waals surface area contributed by atoms with Crippen LogP contribution in [0.3, 0.4) is 0 Å². The molecule has 0 saturated carbocycles. The van der Waals surface area contributed by atoms with Crippen LogP contribution in [0.2, 0.25) is 0 Å². The van der Waals surface area contributed by atoms with Gasteiger partial charge in [-0.3, -0.25) is 9.59 Å². The lowest BCUT2D eigenvalue weighted by Gasteiger charge is -2.20. The maximum absolute atomic E-state index is 11.5. The summed E-state index contributed by atoms with van der Waals surface area (Å²) < 4.78 is 5.02. The van der Waals surface area contributed by atoms with Crippen molar-refractivity contribution in [3.8, 4) is 0 Å². The van der Waals surface area contributed by atoms with E-state index in [0.717, 1.165) is 19.3 Å². The van der Waals surface area contributed by atoms with Crippen molar-refractivity contribution in [3.63, 3.8) is 0 Å². The zero-order valence-corrected chi connectivity index (χ0v) is 10.9. The number of hydrogen-bond acceptors (Lipinski definition) is 3. The van der Waals surface area contributed by atoms with Crippen LogP contribution in [0, 0.1) is 0 Å². The number of unbranched alkanes of at least 4 members (excludes halogenated alkanes) is 1. The lowest BCUT2D eigenvalue weighted by atomic mass is 10.3. The summed E-state index contributed by atoms with van der Waals surface area (Å²) in [6.07, 6.45) is 4.48. The maximum atomic E-state index is 11.5. The smallest absolute Gasteiger partial charge is 0.305 e. The van der Waals surface area contributed by atoms with Crippen molar-refractivity contribution in [3.05, 3.63) is 12.7 Å². The molecule has 4 nitrogen and oxygen atoms in total. The summed E-state index contributed by atoms with van der Waals surface area (Å²) in [6.45, 7) is 8.86. The molecule has 0 aliphatic rings. The molecule has 0 rings (SSSR count). The second-order valence-electron chi connectivity index (χ2n) is 3.85. The van der Waals surface area contributed by atoms with E-state index in [4.69, 9.17) is 4.74 Å². The highest BCUT2D eigenvalue weighted by Gasteiger charge is 2.10. The third-order valence-corrected chi connectivity index (χ3v) is 2.35. The number of amides is 1. The summed E-state index contributed by atoms with van der Waals surface area (Å²) in [7, 11) is 0. The van der Waals surface area contributed by atoms with Gasteiger partial charge in [-0.25, -0.2) is 0 Å². The fourth-order valence-corrected chi connectivity index (χ4v) is 1.36. The quantitative estimate of drug-likeness (QED) is 0.459. The van der Waals surface area contributed by atoms with E-state index >= 15 is 0 Å². The Bertz CT molecular complexity index is 251. The first-order valence-corrected chi connectivity index (χ1v) is 6.22. The number of carbonyl (C=O) groups is 2. The van der Waals surface area contributed by atoms with Crippen molar-refractivity contribution >= 4 is 11.9 Å². The Labute approximate surface area is 104 Å². The monoisotopic (exact) mass is 241 g/mol. The SMILES string of the molecule is C=CC(=O)N(CCCC)CCOC(=O)CCC. The third kappa shape index (κ3) is 7.55. The molecule has 0 spiro atoms. The summed E-state index contributed by atoms with van der Waals surface area (Å²) in [5.74, 6) is -0.306. The van der Waals surface area contributed by atoms with Gasteiger partial charge in [0.15, 0.2) is 0 Å². The Morgan fingerprint density at radius 1 is 1.24 bits per heavy atom. The Hall–Kier alpha value is -1.32. The molecule has 0 unspecified atom stereocenters. The molecule has 17 heavy (non-hydrogen) atoms. The van der Waals surface area contributed by atoms with Gasteiger partial charge in [0.2, 0.25) is 5.91 Å². The van der Waals surface area contributed by atoms with Crippen LogP contribution in [-0.2, 0) is 14.3 Å². The van der Waals surface area contributed by atoms with Crippen LogP contribution < -0.4 is 0 Å². The molecule has 0 aliphatic carbocycles. The fraction of sp³-hybridized carbons (Fsp3) is 0.692. The molecule has 4 heteroatoms. The van der Waals surface area contributed by atoms with Crippen LogP contribution in [0.15, 0.2) is 12.7 Å². The molecule has 0 heterocycles. The van der Waals surface area contributed by atoms with Gasteiger partial charge >= 0.3 is 5.97 Å². The van der Waals surface area contributed by atoms with Crippen LogP contribution in [0.1, 0.15) is 39.5 Å². The molecule has 0 saturated heterocycles. The van der Waals surface area contributed by atoms with E-state index in [9.17, 15) is 9.59 Å². The van der Waals surface area contributed by atoms with E-state index in [2.05, 4.69) is 13.5 Å². The molecule has 0 atom stereocenters. The van der Waals surface area contributed by atoms with Crippen molar-refractivity contribution in [1.82, 2.24) is 4.90 Å². The van der Waals surface area contributed by atoms with Gasteiger partial charge in [-0.15, -0.1) is 0 Å². The predicted molar refractivity (Wildman–Crippen MR) is 67.6 cm³/mol. The van der Waals surface area contributed by atoms with Crippen LogP contribution in [0.4, 0.5) is 0 Å². The summed E-state index contributed by atoms with van der Waals surface area (Å²) in [5.41, 5.74) is 0. The van der Waals surface area contributed by atoms with Crippen molar-refractivity contribution in [2.75, 3.05) is 19.7 Å². The minimum Gasteiger partial charge on any atom is -0.464 e. The van der Waals surface area contributed by atoms with Gasteiger partial charge in [-0.2, -0.15) is 0 Å². The van der Waals surface area contributed by atoms with E-state index in [-0.39, 0.29) is 18.5 Å². The van der Waals surface area contributed by atoms with E-state index in [1.807, 2.05) is 6.92 Å². The highest BCUT2D eigenvalue weighted by atomic mass is 16.5. The first-order chi connectivity index (χ1) is 8.15. The molecule has 0 bridgehead atoms. The molecule has 0 aromatic heterocycles. The van der Waals surface area contributed by atoms with Crippen LogP contribution in [0.25, 0.3) is 0 Å². The van der Waals surface area contributed by atoms with Gasteiger partial charge in [0.25, 0.3) is 0 Å². The lowest BCUT2D eigenvalue weighted by Crippen LogP contribution is -2.34. The van der Waals surface area contributed by atoms with Gasteiger partial charge in [-0.05, 0) is 18.9 Å². The lowest BCUT2D eigenvalue weighted by molar-refractivity contribution is -0.145. The van der Waals surface area contributed by atoms with Crippen LogP contribution in [-0.4, -0.2) is 36.5 Å². The predicted octanol–water partition coefficient (Wildman–Crippen LogP) is 2.14. The Morgan fingerprint density at radius 3 is 2.47 bits per heavy atom. The molecule has 0 aromatic rings. The Morgan fingerprint density at radius 2 is 1.94 bits per heavy atom. The van der Waals surface area contributed by atoms with Crippen molar-refractivity contribution < 1.29 is 14.3 Å². The zero-order chi connectivity index (χ0) is 13.1. The first kappa shape index (κ1) is 15.7. The molecule has 0 aromatic carbocycles. The minimum absolute atomic E-state index is 0.106. The van der Waals surface area contributed by atoms with E-state index < -0.39 is 0 Å². The van der Waals surface area contributed by atoms with Crippen LogP contribution in [0.5, 0.6) is 0 Å². The number of hydrogen-bond donors (Lipinski definition) is 0. The average molecular weight is 241 g/mol. The number of esters is 1. The van der Waals surface area contributed by atoms with E-state index in [1.54, 1.807) is 4.90 Å². The zero-order valence-electron chi connectivity index (χ0n) is 10.9. The summed E-state index contributed by atoms with van der Waals surface area (Å²) in [5, 5.41) is 0. The minimum atomic E-state index is -0.200. The molecule has 98 valence electrons. The van der Waals surface area contributed by atoms with Gasteiger partial charge in [0, 0.05) is 13.0 Å². The maximum Gasteiger partial charge on any atom is 0.305 e. The largest absolute Gasteiger partial charge is 0.464 e. The summed E-state index contributed by atoms with van der Waals surface area (Å²) in [6, 6.07) is 0. The number of ether oxygens (including phenoxy) is 1. The summed E-state index contributed by atoms with van der Waals surface area (Å²) in [4.78, 5) is 24.3. The van der Waals surface area contributed by atoms with Gasteiger partial charge in [0.05, 0.1) is 6.54 Å². The number of carbonyl (C=O) groups excluding carboxylic acids is 2. The van der Waals surface area contributed by atoms with Gasteiger partial charge in [0.1, 0.15) is 6.61 Å². The first-order valence-electron chi connectivity index (χ1n) is 6.22. The van der Waals surface area contributed by atoms with Gasteiger partial charge < -0.3 is 9.64 Å². The van der Waals surface area contributed by atoms with E-state index in [1.165, 1.54) is 6.08 Å². The van der Waals surface area contributed by atoms with E-state index in [0.29, 0.717) is 19.5 Å². The topological polar surface area (TPSA) is 46.6 Å². The molecule has 0 fully saturated rings. The average Bonchev–Trinajstić information content (AvgIpc) is 2.32. The third-order valence-electron chi connectivity index (χ3n) is 2.35. The molecule has 0 radical (unpaired) electrons. The Balaban J connectivity index is 3.94. The molecule has 0 aliphatic heterocycles. The van der Waals surface area contributed by atoms with Crippen molar-refractivity contribution in [1.29, 1.82) is 0 Å². The normalized spacial score (nSPS) is 9.76. The highest BCUT2D eigenvalue weighted by molar-refractivity contribution is 5.87. The van der Waals surface area contributed by atoms with Crippen molar-refractivity contribution in [2.24, 2.45) is 0 Å². The second kappa shape index (κ2) is 9.87. The summed E-state index contributed by atoms with van der Waals surface area (Å²) >= 11 is 0. The van der Waals surface area contributed by atoms with Crippen LogP contribution >= 0.6 is 0 Å². The van der Waals surface area contributed by atoms with Gasteiger partial charge in [-0.1, -0.05) is 26.8 Å². The molecule has 0 N–H and O–H groups in total. The molecular weight excluding hydrogens is 218 g/mol. The highest BCUT2D eigenvalue weighted by Crippen LogP contribution is 1.98. The second-order valence-corrected chi connectivity index (χ2v) is 3.85. The Kier molecular flexibility index (Phi) is 9.11. The standard InChI is InChI=1S/C13H23NO3/c1-4-7-9-14(12(15)6-3)10-11-17-13(16)8-5-2/h6H,3-5,7-11H2,1-2H3. The fourth-order valence-electron chi connectivity index (χ4n) is 1.36. The molecular formula is C13H23NO3. The molecule has 1 amide bonds. The van der Waals surface area contributed by atoms with Crippen molar-refractivity contribution in [2.45, 2.75) is 39.5 Å².